The molecule has 0 saturated heterocycles. The topological polar surface area (TPSA) is 29.1 Å². The van der Waals surface area contributed by atoms with Crippen molar-refractivity contribution in [3.63, 3.8) is 0 Å². The van der Waals surface area contributed by atoms with Gasteiger partial charge in [-0.05, 0) is 26.9 Å². The first-order chi connectivity index (χ1) is 3.77. The highest BCUT2D eigenvalue weighted by Gasteiger charge is 1.89. The van der Waals surface area contributed by atoms with E-state index in [1.807, 2.05) is 7.05 Å². The second kappa shape index (κ2) is 4.78. The van der Waals surface area contributed by atoms with E-state index in [4.69, 9.17) is 0 Å². The third kappa shape index (κ3) is 5.63. The Morgan fingerprint density at radius 1 is 1.62 bits per heavy atom. The molecule has 0 aromatic carbocycles. The van der Waals surface area contributed by atoms with E-state index < -0.39 is 0 Å². The van der Waals surface area contributed by atoms with Crippen LogP contribution in [0, 0.1) is 0 Å². The van der Waals surface area contributed by atoms with Gasteiger partial charge in [-0.3, -0.25) is 0 Å². The van der Waals surface area contributed by atoms with Gasteiger partial charge in [-0.25, -0.2) is 0 Å². The maximum absolute atomic E-state index is 10.3. The van der Waals surface area contributed by atoms with Gasteiger partial charge in [-0.1, -0.05) is 0 Å². The minimum Gasteiger partial charge on any atom is -0.320 e. The summed E-state index contributed by atoms with van der Waals surface area (Å²) in [4.78, 5) is 10.3. The minimum absolute atomic E-state index is 0.278. The Kier molecular flexibility index (Phi) is 4.56. The van der Waals surface area contributed by atoms with Gasteiger partial charge in [0.05, 0.1) is 0 Å². The molecule has 0 heterocycles. The van der Waals surface area contributed by atoms with E-state index in [2.05, 4.69) is 5.32 Å². The first-order valence-electron chi connectivity index (χ1n) is 2.91. The van der Waals surface area contributed by atoms with Gasteiger partial charge < -0.3 is 10.1 Å². The molecule has 1 N–H and O–H groups in total. The van der Waals surface area contributed by atoms with Gasteiger partial charge in [0.25, 0.3) is 0 Å². The lowest BCUT2D eigenvalue weighted by atomic mass is 10.2. The van der Waals surface area contributed by atoms with Crippen LogP contribution in [0.1, 0.15) is 19.8 Å². The van der Waals surface area contributed by atoms with Crippen LogP contribution in [0.5, 0.6) is 0 Å². The van der Waals surface area contributed by atoms with E-state index in [9.17, 15) is 4.79 Å². The van der Waals surface area contributed by atoms with Crippen LogP contribution in [0.25, 0.3) is 0 Å². The fourth-order valence-corrected chi connectivity index (χ4v) is 0.514. The van der Waals surface area contributed by atoms with Gasteiger partial charge in [0.2, 0.25) is 0 Å². The van der Waals surface area contributed by atoms with Crippen LogP contribution in [0.4, 0.5) is 0 Å². The van der Waals surface area contributed by atoms with Crippen molar-refractivity contribution < 1.29 is 4.79 Å². The Balaban J connectivity index is 2.82. The third-order valence-corrected chi connectivity index (χ3v) is 0.956. The highest BCUT2D eigenvalue weighted by Crippen LogP contribution is 1.85. The summed E-state index contributed by atoms with van der Waals surface area (Å²) in [7, 11) is 1.89. The summed E-state index contributed by atoms with van der Waals surface area (Å²) in [6, 6.07) is 0. The van der Waals surface area contributed by atoms with Crippen molar-refractivity contribution in [1.82, 2.24) is 5.32 Å². The quantitative estimate of drug-likeness (QED) is 0.543. The van der Waals surface area contributed by atoms with Crippen molar-refractivity contribution in [2.24, 2.45) is 0 Å². The van der Waals surface area contributed by atoms with E-state index in [1.54, 1.807) is 6.92 Å². The molecule has 8 heavy (non-hydrogen) atoms. The van der Waals surface area contributed by atoms with Crippen molar-refractivity contribution in [2.45, 2.75) is 19.8 Å². The number of Topliss-reactive ketones (excluding diaryl/α,β-unsaturated/α-hetero) is 1. The molecule has 0 rings (SSSR count). The van der Waals surface area contributed by atoms with Crippen molar-refractivity contribution in [1.29, 1.82) is 0 Å². The molecule has 2 nitrogen and oxygen atoms in total. The maximum atomic E-state index is 10.3. The van der Waals surface area contributed by atoms with Crippen LogP contribution in [0.15, 0.2) is 0 Å². The summed E-state index contributed by atoms with van der Waals surface area (Å²) in [5.74, 6) is 0.278. The third-order valence-electron chi connectivity index (χ3n) is 0.956. The summed E-state index contributed by atoms with van der Waals surface area (Å²) in [6.07, 6.45) is 1.67. The molecule has 0 radical (unpaired) electrons. The first-order valence-corrected chi connectivity index (χ1v) is 2.91. The minimum atomic E-state index is 0.278. The summed E-state index contributed by atoms with van der Waals surface area (Å²) in [5, 5.41) is 2.97. The molecule has 0 fully saturated rings. The van der Waals surface area contributed by atoms with Crippen LogP contribution in [-0.4, -0.2) is 19.4 Å². The Labute approximate surface area is 50.3 Å². The highest BCUT2D eigenvalue weighted by molar-refractivity contribution is 5.75. The lowest BCUT2D eigenvalue weighted by Crippen LogP contribution is -2.08. The van der Waals surface area contributed by atoms with E-state index in [-0.39, 0.29) is 5.78 Å². The van der Waals surface area contributed by atoms with Crippen LogP contribution >= 0.6 is 0 Å². The fraction of sp³-hybridized carbons (Fsp3) is 0.833. The molecular formula is C6H13NO. The number of carbonyl (C=O) groups excluding carboxylic acids is 1. The number of rotatable bonds is 4. The van der Waals surface area contributed by atoms with Crippen molar-refractivity contribution in [3.05, 3.63) is 0 Å². The van der Waals surface area contributed by atoms with E-state index in [0.717, 1.165) is 13.0 Å². The van der Waals surface area contributed by atoms with Gasteiger partial charge >= 0.3 is 0 Å². The van der Waals surface area contributed by atoms with Gasteiger partial charge in [0.1, 0.15) is 5.78 Å². The standard InChI is InChI=1S/C6H13NO/c1-6(8)4-3-5-7-2/h7H,3-5H2,1-2H3. The molecule has 0 aromatic rings. The molecule has 0 saturated carbocycles. The summed E-state index contributed by atoms with van der Waals surface area (Å²) in [5.41, 5.74) is 0. The molecule has 0 aliphatic heterocycles. The van der Waals surface area contributed by atoms with Gasteiger partial charge in [-0.15, -0.1) is 0 Å². The van der Waals surface area contributed by atoms with Gasteiger partial charge in [0.15, 0.2) is 0 Å². The molecular weight excluding hydrogens is 102 g/mol. The number of hydrogen-bond acceptors (Lipinski definition) is 2. The first kappa shape index (κ1) is 7.63. The number of ketones is 1. The number of carbonyl (C=O) groups is 1. The van der Waals surface area contributed by atoms with Crippen LogP contribution in [0.2, 0.25) is 0 Å². The molecule has 2 heteroatoms. The molecule has 48 valence electrons. The van der Waals surface area contributed by atoms with Gasteiger partial charge in [0, 0.05) is 6.42 Å². The van der Waals surface area contributed by atoms with Crippen molar-refractivity contribution in [2.75, 3.05) is 13.6 Å². The van der Waals surface area contributed by atoms with E-state index in [1.165, 1.54) is 0 Å². The molecule has 0 unspecified atom stereocenters. The average molecular weight is 115 g/mol. The average Bonchev–Trinajstić information content (AvgIpc) is 1.66. The van der Waals surface area contributed by atoms with E-state index >= 15 is 0 Å². The number of nitrogens with one attached hydrogen (secondary N) is 1. The predicted octanol–water partition coefficient (Wildman–Crippen LogP) is 0.575. The number of hydrogen-bond donors (Lipinski definition) is 1. The van der Waals surface area contributed by atoms with Crippen LogP contribution in [0.3, 0.4) is 0 Å². The molecule has 0 aliphatic carbocycles. The molecule has 0 amide bonds. The largest absolute Gasteiger partial charge is 0.320 e. The lowest BCUT2D eigenvalue weighted by Gasteiger charge is -1.93. The van der Waals surface area contributed by atoms with Gasteiger partial charge in [-0.2, -0.15) is 0 Å². The summed E-state index contributed by atoms with van der Waals surface area (Å²) < 4.78 is 0. The molecule has 0 aliphatic rings. The van der Waals surface area contributed by atoms with E-state index in [0.29, 0.717) is 6.42 Å². The molecule has 0 spiro atoms. The smallest absolute Gasteiger partial charge is 0.129 e. The zero-order valence-corrected chi connectivity index (χ0v) is 5.53. The molecule has 0 atom stereocenters. The Morgan fingerprint density at radius 2 is 2.25 bits per heavy atom. The summed E-state index contributed by atoms with van der Waals surface area (Å²) in [6.45, 7) is 2.56. The zero-order chi connectivity index (χ0) is 6.41. The zero-order valence-electron chi connectivity index (χ0n) is 5.53. The normalized spacial score (nSPS) is 9.25. The molecule has 0 bridgehead atoms. The van der Waals surface area contributed by atoms with Crippen LogP contribution < -0.4 is 5.32 Å². The Morgan fingerprint density at radius 3 is 2.62 bits per heavy atom. The lowest BCUT2D eigenvalue weighted by molar-refractivity contribution is -0.117. The van der Waals surface area contributed by atoms with Crippen molar-refractivity contribution in [3.8, 4) is 0 Å². The maximum Gasteiger partial charge on any atom is 0.129 e. The second-order valence-electron chi connectivity index (χ2n) is 1.91. The second-order valence-corrected chi connectivity index (χ2v) is 1.91. The van der Waals surface area contributed by atoms with Crippen LogP contribution in [-0.2, 0) is 4.79 Å². The monoisotopic (exact) mass is 115 g/mol. The predicted molar refractivity (Wildman–Crippen MR) is 33.8 cm³/mol. The SMILES string of the molecule is CNCCCC(C)=O. The Hall–Kier alpha value is -0.370. The van der Waals surface area contributed by atoms with Crippen molar-refractivity contribution >= 4 is 5.78 Å². The fourth-order valence-electron chi connectivity index (χ4n) is 0.514. The Bertz CT molecular complexity index is 70.9. The highest BCUT2D eigenvalue weighted by atomic mass is 16.1. The molecule has 0 aromatic heterocycles. The summed E-state index contributed by atoms with van der Waals surface area (Å²) >= 11 is 0.